The number of carbonyl (C=O) groups excluding carboxylic acids is 2. The minimum Gasteiger partial charge on any atom is -0.481 e. The van der Waals surface area contributed by atoms with Gasteiger partial charge in [-0.05, 0) is 47.5 Å². The molecular weight excluding hydrogens is 514 g/mol. The number of nitrogens with one attached hydrogen (secondary N) is 3. The van der Waals surface area contributed by atoms with Crippen LogP contribution in [0.4, 0.5) is 16.2 Å². The number of hydrogen-bond acceptors (Lipinski definition) is 4. The molecule has 0 saturated carbocycles. The molecule has 9 heteroatoms. The number of carboxylic acids is 1. The lowest BCUT2D eigenvalue weighted by Crippen LogP contribution is -2.28. The predicted molar refractivity (Wildman–Crippen MR) is 151 cm³/mol. The van der Waals surface area contributed by atoms with Crippen LogP contribution in [-0.4, -0.2) is 27.2 Å². The Hall–Kier alpha value is -4.76. The molecule has 39 heavy (non-hydrogen) atoms. The quantitative estimate of drug-likeness (QED) is 0.209. The second kappa shape index (κ2) is 13.2. The zero-order valence-electron chi connectivity index (χ0n) is 20.9. The Bertz CT molecular complexity index is 1460. The molecule has 2 atom stereocenters. The van der Waals surface area contributed by atoms with Gasteiger partial charge in [0.05, 0.1) is 33.1 Å². The standard InChI is InChI=1S/C30H27N3O5S/c34-28(35)19-27(22-11-5-2-6-12-22)39(38)26-14-8-7-13-25(26)33-29(36)23-15-17-24(18-16-23)32-30(37)31-20-21-9-3-1-4-10-21/h1-18,27H,19-20H2,(H,33,36)(H,34,35)(H2,31,32,37). The highest BCUT2D eigenvalue weighted by Crippen LogP contribution is 2.32. The SMILES string of the molecule is O=C(O)CC(c1ccccc1)S(=O)c1ccccc1NC(=O)c1ccc(NC(=O)NCc2ccccc2)cc1. The van der Waals surface area contributed by atoms with Crippen LogP contribution >= 0.6 is 0 Å². The molecule has 0 fully saturated rings. The Labute approximate surface area is 228 Å². The van der Waals surface area contributed by atoms with Gasteiger partial charge in [-0.25, -0.2) is 4.79 Å². The summed E-state index contributed by atoms with van der Waals surface area (Å²) in [5, 5.41) is 16.9. The lowest BCUT2D eigenvalue weighted by molar-refractivity contribution is -0.137. The van der Waals surface area contributed by atoms with E-state index in [1.807, 2.05) is 30.3 Å². The molecule has 8 nitrogen and oxygen atoms in total. The normalized spacial score (nSPS) is 12.1. The van der Waals surface area contributed by atoms with Gasteiger partial charge >= 0.3 is 12.0 Å². The van der Waals surface area contributed by atoms with Gasteiger partial charge in [0, 0.05) is 17.8 Å². The van der Waals surface area contributed by atoms with Crippen LogP contribution in [0.25, 0.3) is 0 Å². The van der Waals surface area contributed by atoms with Gasteiger partial charge in [0.2, 0.25) is 0 Å². The number of hydrogen-bond donors (Lipinski definition) is 4. The molecule has 0 radical (unpaired) electrons. The van der Waals surface area contributed by atoms with Gasteiger partial charge < -0.3 is 21.1 Å². The summed E-state index contributed by atoms with van der Waals surface area (Å²) < 4.78 is 13.6. The summed E-state index contributed by atoms with van der Waals surface area (Å²) in [5.74, 6) is -1.50. The summed E-state index contributed by atoms with van der Waals surface area (Å²) in [6.45, 7) is 0.380. The fourth-order valence-electron chi connectivity index (χ4n) is 3.89. The molecule has 4 aromatic rings. The maximum absolute atomic E-state index is 13.6. The van der Waals surface area contributed by atoms with Crippen molar-refractivity contribution in [2.24, 2.45) is 0 Å². The Balaban J connectivity index is 1.43. The fraction of sp³-hybridized carbons (Fsp3) is 0.100. The van der Waals surface area contributed by atoms with Crippen molar-refractivity contribution >= 4 is 40.1 Å². The second-order valence-corrected chi connectivity index (χ2v) is 10.2. The highest BCUT2D eigenvalue weighted by molar-refractivity contribution is 7.85. The van der Waals surface area contributed by atoms with Gasteiger partial charge in [-0.15, -0.1) is 0 Å². The maximum atomic E-state index is 13.6. The zero-order chi connectivity index (χ0) is 27.6. The topological polar surface area (TPSA) is 125 Å². The number of urea groups is 1. The summed E-state index contributed by atoms with van der Waals surface area (Å²) in [6.07, 6.45) is -0.327. The van der Waals surface area contributed by atoms with Crippen molar-refractivity contribution < 1.29 is 23.7 Å². The van der Waals surface area contributed by atoms with E-state index >= 15 is 0 Å². The summed E-state index contributed by atoms with van der Waals surface area (Å²) in [5.41, 5.74) is 2.78. The van der Waals surface area contributed by atoms with Gasteiger partial charge in [0.1, 0.15) is 0 Å². The molecule has 4 aromatic carbocycles. The van der Waals surface area contributed by atoms with Crippen molar-refractivity contribution in [1.29, 1.82) is 0 Å². The maximum Gasteiger partial charge on any atom is 0.319 e. The summed E-state index contributed by atoms with van der Waals surface area (Å²) in [4.78, 5) is 37.1. The van der Waals surface area contributed by atoms with Crippen molar-refractivity contribution in [1.82, 2.24) is 5.32 Å². The molecule has 0 bridgehead atoms. The number of benzene rings is 4. The number of rotatable bonds is 10. The minimum atomic E-state index is -1.75. The Kier molecular flexibility index (Phi) is 9.20. The number of carboxylic acid groups (broad SMARTS) is 1. The van der Waals surface area contributed by atoms with E-state index in [2.05, 4.69) is 16.0 Å². The van der Waals surface area contributed by atoms with Gasteiger partial charge in [0.25, 0.3) is 5.91 Å². The van der Waals surface area contributed by atoms with Crippen molar-refractivity contribution in [2.45, 2.75) is 23.1 Å². The molecule has 0 aliphatic heterocycles. The summed E-state index contributed by atoms with van der Waals surface area (Å²) in [7, 11) is -1.75. The van der Waals surface area contributed by atoms with Crippen LogP contribution < -0.4 is 16.0 Å². The largest absolute Gasteiger partial charge is 0.481 e. The van der Waals surface area contributed by atoms with E-state index in [1.165, 1.54) is 0 Å². The van der Waals surface area contributed by atoms with Gasteiger partial charge in [-0.3, -0.25) is 13.8 Å². The molecule has 0 saturated heterocycles. The van der Waals surface area contributed by atoms with E-state index in [0.29, 0.717) is 33.9 Å². The van der Waals surface area contributed by atoms with Crippen LogP contribution in [0.15, 0.2) is 114 Å². The number of amides is 3. The molecule has 0 heterocycles. The average Bonchev–Trinajstić information content (AvgIpc) is 2.96. The first kappa shape index (κ1) is 27.3. The van der Waals surface area contributed by atoms with Crippen LogP contribution in [0.2, 0.25) is 0 Å². The van der Waals surface area contributed by atoms with E-state index in [-0.39, 0.29) is 12.5 Å². The number of carbonyl (C=O) groups is 3. The third kappa shape index (κ3) is 7.62. The van der Waals surface area contributed by atoms with Gasteiger partial charge in [0.15, 0.2) is 0 Å². The first-order chi connectivity index (χ1) is 18.9. The van der Waals surface area contributed by atoms with Crippen LogP contribution in [0, 0.1) is 0 Å². The first-order valence-corrected chi connectivity index (χ1v) is 13.4. The number of para-hydroxylation sites is 1. The van der Waals surface area contributed by atoms with Crippen LogP contribution in [0.1, 0.15) is 33.2 Å². The molecule has 4 N–H and O–H groups in total. The van der Waals surface area contributed by atoms with Gasteiger partial charge in [-0.1, -0.05) is 72.8 Å². The van der Waals surface area contributed by atoms with Crippen LogP contribution in [0.5, 0.6) is 0 Å². The minimum absolute atomic E-state index is 0.327. The Morgan fingerprint density at radius 1 is 0.744 bits per heavy atom. The van der Waals surface area contributed by atoms with E-state index in [1.54, 1.807) is 78.9 Å². The van der Waals surface area contributed by atoms with Crippen molar-refractivity contribution in [2.75, 3.05) is 10.6 Å². The van der Waals surface area contributed by atoms with Crippen molar-refractivity contribution in [3.05, 3.63) is 126 Å². The number of anilines is 2. The van der Waals surface area contributed by atoms with Crippen LogP contribution in [0.3, 0.4) is 0 Å². The van der Waals surface area contributed by atoms with E-state index in [0.717, 1.165) is 5.56 Å². The smallest absolute Gasteiger partial charge is 0.319 e. The molecule has 0 aliphatic rings. The third-order valence-corrected chi connectivity index (χ3v) is 7.59. The Morgan fingerprint density at radius 3 is 2.03 bits per heavy atom. The molecule has 4 rings (SSSR count). The van der Waals surface area contributed by atoms with E-state index < -0.39 is 27.9 Å². The highest BCUT2D eigenvalue weighted by atomic mass is 32.2. The molecular formula is C30H27N3O5S. The second-order valence-electron chi connectivity index (χ2n) is 8.62. The average molecular weight is 542 g/mol. The summed E-state index contributed by atoms with van der Waals surface area (Å²) in [6, 6.07) is 30.9. The fourth-order valence-corrected chi connectivity index (χ4v) is 5.45. The first-order valence-electron chi connectivity index (χ1n) is 12.2. The molecule has 0 aliphatic carbocycles. The monoisotopic (exact) mass is 541 g/mol. The van der Waals surface area contributed by atoms with Crippen LogP contribution in [-0.2, 0) is 22.1 Å². The molecule has 2 unspecified atom stereocenters. The molecule has 3 amide bonds. The van der Waals surface area contributed by atoms with Crippen molar-refractivity contribution in [3.63, 3.8) is 0 Å². The summed E-state index contributed by atoms with van der Waals surface area (Å²) >= 11 is 0. The lowest BCUT2D eigenvalue weighted by Gasteiger charge is -2.18. The predicted octanol–water partition coefficient (Wildman–Crippen LogP) is 5.58. The highest BCUT2D eigenvalue weighted by Gasteiger charge is 2.25. The lowest BCUT2D eigenvalue weighted by atomic mass is 10.1. The van der Waals surface area contributed by atoms with Crippen molar-refractivity contribution in [3.8, 4) is 0 Å². The van der Waals surface area contributed by atoms with E-state index in [4.69, 9.17) is 0 Å². The molecule has 0 spiro atoms. The van der Waals surface area contributed by atoms with E-state index in [9.17, 15) is 23.7 Å². The Morgan fingerprint density at radius 2 is 1.36 bits per heavy atom. The molecule has 198 valence electrons. The third-order valence-electron chi connectivity index (χ3n) is 5.84. The molecule has 0 aromatic heterocycles. The number of aliphatic carboxylic acids is 1. The zero-order valence-corrected chi connectivity index (χ0v) is 21.7. The van der Waals surface area contributed by atoms with Gasteiger partial charge in [-0.2, -0.15) is 0 Å².